The molecule has 0 spiro atoms. The van der Waals surface area contributed by atoms with Crippen molar-refractivity contribution in [2.24, 2.45) is 0 Å². The van der Waals surface area contributed by atoms with Gasteiger partial charge in [0.05, 0.1) is 6.54 Å². The minimum atomic E-state index is -0.0595. The Balaban J connectivity index is 1.81. The van der Waals surface area contributed by atoms with Gasteiger partial charge in [-0.1, -0.05) is 65.1 Å². The molecule has 4 nitrogen and oxygen atoms in total. The summed E-state index contributed by atoms with van der Waals surface area (Å²) in [4.78, 5) is 26.7. The van der Waals surface area contributed by atoms with Crippen LogP contribution in [0.3, 0.4) is 0 Å². The maximum Gasteiger partial charge on any atom is 0.227 e. The standard InChI is InChI=1S/C21H23IN2O2/c22-13-14-23-20(25)11-12-21(26)24-15-18-7-2-1-5-16(18)9-10-17-6-3-4-8-19(17)24/h1-8H,9-15H2,(H,23,25). The molecule has 0 unspecified atom stereocenters. The zero-order chi connectivity index (χ0) is 18.4. The number of nitrogens with zero attached hydrogens (tertiary/aromatic N) is 1. The number of aryl methyl sites for hydroxylation is 2. The van der Waals surface area contributed by atoms with Crippen LogP contribution in [0.25, 0.3) is 0 Å². The fourth-order valence-electron chi connectivity index (χ4n) is 3.32. The van der Waals surface area contributed by atoms with Gasteiger partial charge in [-0.15, -0.1) is 0 Å². The highest BCUT2D eigenvalue weighted by molar-refractivity contribution is 14.1. The van der Waals surface area contributed by atoms with Crippen LogP contribution in [-0.2, 0) is 29.0 Å². The molecule has 1 heterocycles. The van der Waals surface area contributed by atoms with Crippen LogP contribution in [0.2, 0.25) is 0 Å². The number of benzene rings is 2. The van der Waals surface area contributed by atoms with Gasteiger partial charge in [0.25, 0.3) is 0 Å². The van der Waals surface area contributed by atoms with E-state index in [1.807, 2.05) is 29.2 Å². The summed E-state index contributed by atoms with van der Waals surface area (Å²) < 4.78 is 0.869. The second-order valence-electron chi connectivity index (χ2n) is 6.42. The predicted octanol–water partition coefficient (Wildman–Crippen LogP) is 3.65. The molecular formula is C21H23IN2O2. The molecule has 1 aliphatic heterocycles. The molecule has 2 aromatic rings. The van der Waals surface area contributed by atoms with E-state index in [0.717, 1.165) is 23.0 Å². The molecule has 2 aromatic carbocycles. The predicted molar refractivity (Wildman–Crippen MR) is 113 cm³/mol. The third kappa shape index (κ3) is 4.63. The number of alkyl halides is 1. The van der Waals surface area contributed by atoms with Gasteiger partial charge in [0.2, 0.25) is 11.8 Å². The van der Waals surface area contributed by atoms with Gasteiger partial charge < -0.3 is 10.2 Å². The molecule has 1 aliphatic rings. The minimum absolute atomic E-state index is 0.00113. The average Bonchev–Trinajstić information content (AvgIpc) is 2.66. The second-order valence-corrected chi connectivity index (χ2v) is 7.49. The van der Waals surface area contributed by atoms with Crippen molar-refractivity contribution >= 4 is 40.1 Å². The molecule has 26 heavy (non-hydrogen) atoms. The Hall–Kier alpha value is -1.89. The first-order chi connectivity index (χ1) is 12.7. The molecule has 3 rings (SSSR count). The third-order valence-corrected chi connectivity index (χ3v) is 5.22. The van der Waals surface area contributed by atoms with E-state index in [4.69, 9.17) is 0 Å². The fraction of sp³-hybridized carbons (Fsp3) is 0.333. The normalized spacial score (nSPS) is 13.2. The van der Waals surface area contributed by atoms with Crippen LogP contribution in [0.15, 0.2) is 48.5 Å². The Morgan fingerprint density at radius 3 is 2.35 bits per heavy atom. The number of carbonyl (C=O) groups is 2. The van der Waals surface area contributed by atoms with Gasteiger partial charge in [-0.2, -0.15) is 0 Å². The highest BCUT2D eigenvalue weighted by Crippen LogP contribution is 2.29. The van der Waals surface area contributed by atoms with Crippen molar-refractivity contribution in [3.63, 3.8) is 0 Å². The topological polar surface area (TPSA) is 49.4 Å². The van der Waals surface area contributed by atoms with Gasteiger partial charge in [-0.3, -0.25) is 9.59 Å². The Morgan fingerprint density at radius 1 is 0.923 bits per heavy atom. The summed E-state index contributed by atoms with van der Waals surface area (Å²) in [6.07, 6.45) is 2.35. The molecule has 0 saturated carbocycles. The molecule has 0 aromatic heterocycles. The van der Waals surface area contributed by atoms with Gasteiger partial charge in [-0.25, -0.2) is 0 Å². The average molecular weight is 462 g/mol. The SMILES string of the molecule is O=C(CCC(=O)N1Cc2ccccc2CCc2ccccc21)NCCI. The quantitative estimate of drug-likeness (QED) is 0.545. The van der Waals surface area contributed by atoms with E-state index in [2.05, 4.69) is 52.2 Å². The molecule has 136 valence electrons. The van der Waals surface area contributed by atoms with Crippen molar-refractivity contribution in [2.75, 3.05) is 15.9 Å². The lowest BCUT2D eigenvalue weighted by atomic mass is 9.95. The van der Waals surface area contributed by atoms with E-state index < -0.39 is 0 Å². The molecule has 5 heteroatoms. The van der Waals surface area contributed by atoms with Crippen molar-refractivity contribution in [2.45, 2.75) is 32.2 Å². The Morgan fingerprint density at radius 2 is 1.58 bits per heavy atom. The number of halogens is 1. The number of amides is 2. The van der Waals surface area contributed by atoms with Gasteiger partial charge in [-0.05, 0) is 35.6 Å². The maximum absolute atomic E-state index is 13.0. The first-order valence-corrected chi connectivity index (χ1v) is 10.5. The summed E-state index contributed by atoms with van der Waals surface area (Å²) in [6.45, 7) is 1.20. The van der Waals surface area contributed by atoms with E-state index in [-0.39, 0.29) is 24.7 Å². The monoisotopic (exact) mass is 462 g/mol. The van der Waals surface area contributed by atoms with Crippen molar-refractivity contribution in [1.82, 2.24) is 5.32 Å². The van der Waals surface area contributed by atoms with Crippen LogP contribution in [0.4, 0.5) is 5.69 Å². The van der Waals surface area contributed by atoms with E-state index >= 15 is 0 Å². The molecule has 0 aliphatic carbocycles. The molecule has 2 amide bonds. The smallest absolute Gasteiger partial charge is 0.227 e. The summed E-state index contributed by atoms with van der Waals surface area (Å²) in [5.41, 5.74) is 4.63. The zero-order valence-corrected chi connectivity index (χ0v) is 16.9. The van der Waals surface area contributed by atoms with Gasteiger partial charge in [0.15, 0.2) is 0 Å². The second kappa shape index (κ2) is 9.16. The summed E-state index contributed by atoms with van der Waals surface area (Å²) in [5.74, 6) is -0.0606. The van der Waals surface area contributed by atoms with Crippen LogP contribution < -0.4 is 10.2 Å². The highest BCUT2D eigenvalue weighted by Gasteiger charge is 2.22. The van der Waals surface area contributed by atoms with Crippen LogP contribution in [0.5, 0.6) is 0 Å². The van der Waals surface area contributed by atoms with Crippen LogP contribution in [-0.4, -0.2) is 22.8 Å². The maximum atomic E-state index is 13.0. The number of hydrogen-bond acceptors (Lipinski definition) is 2. The van der Waals surface area contributed by atoms with E-state index in [0.29, 0.717) is 13.1 Å². The van der Waals surface area contributed by atoms with Gasteiger partial charge in [0.1, 0.15) is 0 Å². The Bertz CT molecular complexity index is 791. The third-order valence-electron chi connectivity index (χ3n) is 4.68. The lowest BCUT2D eigenvalue weighted by molar-refractivity contribution is -0.125. The van der Waals surface area contributed by atoms with Gasteiger partial charge in [0, 0.05) is 29.5 Å². The molecule has 0 fully saturated rings. The number of anilines is 1. The number of carbonyl (C=O) groups excluding carboxylic acids is 2. The number of para-hydroxylation sites is 1. The highest BCUT2D eigenvalue weighted by atomic mass is 127. The number of fused-ring (bicyclic) bond motifs is 2. The van der Waals surface area contributed by atoms with Crippen LogP contribution in [0.1, 0.15) is 29.5 Å². The molecule has 0 radical (unpaired) electrons. The zero-order valence-electron chi connectivity index (χ0n) is 14.7. The number of nitrogens with one attached hydrogen (secondary N) is 1. The molecule has 1 N–H and O–H groups in total. The summed E-state index contributed by atoms with van der Waals surface area (Å²) in [7, 11) is 0. The largest absolute Gasteiger partial charge is 0.355 e. The molecule has 0 bridgehead atoms. The molecule has 0 saturated heterocycles. The molecular weight excluding hydrogens is 439 g/mol. The number of rotatable bonds is 5. The summed E-state index contributed by atoms with van der Waals surface area (Å²) in [6, 6.07) is 16.4. The Kier molecular flexibility index (Phi) is 6.66. The lowest BCUT2D eigenvalue weighted by Crippen LogP contribution is -2.34. The minimum Gasteiger partial charge on any atom is -0.355 e. The van der Waals surface area contributed by atoms with Crippen LogP contribution >= 0.6 is 22.6 Å². The number of hydrogen-bond donors (Lipinski definition) is 1. The van der Waals surface area contributed by atoms with Crippen molar-refractivity contribution in [3.05, 3.63) is 65.2 Å². The fourth-order valence-corrected chi connectivity index (χ4v) is 3.59. The van der Waals surface area contributed by atoms with E-state index in [9.17, 15) is 9.59 Å². The van der Waals surface area contributed by atoms with Crippen molar-refractivity contribution in [3.8, 4) is 0 Å². The first kappa shape index (κ1) is 18.9. The van der Waals surface area contributed by atoms with Crippen molar-refractivity contribution < 1.29 is 9.59 Å². The van der Waals surface area contributed by atoms with Crippen molar-refractivity contribution in [1.29, 1.82) is 0 Å². The Labute approximate surface area is 168 Å². The molecule has 0 atom stereocenters. The summed E-state index contributed by atoms with van der Waals surface area (Å²) in [5, 5.41) is 2.83. The summed E-state index contributed by atoms with van der Waals surface area (Å²) >= 11 is 2.22. The van der Waals surface area contributed by atoms with E-state index in [1.54, 1.807) is 0 Å². The first-order valence-electron chi connectivity index (χ1n) is 8.96. The van der Waals surface area contributed by atoms with E-state index in [1.165, 1.54) is 16.7 Å². The van der Waals surface area contributed by atoms with Gasteiger partial charge >= 0.3 is 0 Å². The lowest BCUT2D eigenvalue weighted by Gasteiger charge is -2.28. The van der Waals surface area contributed by atoms with Crippen LogP contribution in [0, 0.1) is 0 Å².